The molecule has 6 heteroatoms. The van der Waals surface area contributed by atoms with Gasteiger partial charge in [-0.15, -0.1) is 0 Å². The molecular weight excluding hydrogens is 338 g/mol. The first kappa shape index (κ1) is 17.7. The van der Waals surface area contributed by atoms with E-state index in [0.29, 0.717) is 28.5 Å². The molecule has 5 nitrogen and oxygen atoms in total. The van der Waals surface area contributed by atoms with E-state index in [-0.39, 0.29) is 11.6 Å². The number of fused-ring (bicyclic) bond motifs is 1. The molecule has 0 aliphatic rings. The third kappa shape index (κ3) is 3.22. The van der Waals surface area contributed by atoms with Gasteiger partial charge in [0.05, 0.1) is 34.6 Å². The molecule has 0 saturated heterocycles. The largest absolute Gasteiger partial charge is 0.387 e. The third-order valence-electron chi connectivity index (χ3n) is 4.70. The molecule has 0 spiro atoms. The molecule has 1 aromatic carbocycles. The molecule has 2 unspecified atom stereocenters. The first-order chi connectivity index (χ1) is 11.9. The number of nitrogens with zero attached hydrogens (tertiary/aromatic N) is 3. The van der Waals surface area contributed by atoms with Crippen LogP contribution in [-0.4, -0.2) is 19.3 Å². The van der Waals surface area contributed by atoms with Gasteiger partial charge in [-0.1, -0.05) is 62.2 Å². The minimum absolute atomic E-state index is 0.0201. The summed E-state index contributed by atoms with van der Waals surface area (Å²) in [4.78, 5) is 13.0. The van der Waals surface area contributed by atoms with E-state index in [0.717, 1.165) is 12.0 Å². The van der Waals surface area contributed by atoms with E-state index in [9.17, 15) is 9.90 Å². The van der Waals surface area contributed by atoms with E-state index in [1.54, 1.807) is 17.6 Å². The third-order valence-corrected chi connectivity index (χ3v) is 5.17. The van der Waals surface area contributed by atoms with Crippen LogP contribution < -0.4 is 5.69 Å². The van der Waals surface area contributed by atoms with E-state index < -0.39 is 6.10 Å². The molecule has 0 fully saturated rings. The lowest BCUT2D eigenvalue weighted by Gasteiger charge is -2.22. The summed E-state index contributed by atoms with van der Waals surface area (Å²) in [6.45, 7) is 6.12. The van der Waals surface area contributed by atoms with Crippen LogP contribution in [-0.2, 0) is 6.54 Å². The minimum atomic E-state index is -0.752. The number of rotatable bonds is 5. The van der Waals surface area contributed by atoms with Gasteiger partial charge in [0, 0.05) is 0 Å². The molecule has 2 heterocycles. The number of aliphatic hydroxyl groups is 1. The highest BCUT2D eigenvalue weighted by atomic mass is 35.5. The van der Waals surface area contributed by atoms with Gasteiger partial charge in [-0.05, 0) is 24.5 Å². The highest BCUT2D eigenvalue weighted by molar-refractivity contribution is 6.34. The van der Waals surface area contributed by atoms with Gasteiger partial charge in [-0.3, -0.25) is 4.57 Å². The number of aryl methyl sites for hydroxylation is 1. The van der Waals surface area contributed by atoms with Crippen molar-refractivity contribution in [3.63, 3.8) is 0 Å². The van der Waals surface area contributed by atoms with Gasteiger partial charge in [0.2, 0.25) is 0 Å². The zero-order chi connectivity index (χ0) is 18.1. The van der Waals surface area contributed by atoms with Crippen LogP contribution in [0.5, 0.6) is 0 Å². The molecule has 2 aromatic heterocycles. The standard InChI is InChI=1S/C19H22ClN3O2/c1-4-12(2)18(24)16-10-15-17(20)13(3)21-23(15)19(25)22(16)11-14-8-6-5-7-9-14/h5-10,12,18,24H,4,11H2,1-3H3. The van der Waals surface area contributed by atoms with Crippen molar-refractivity contribution in [1.82, 2.24) is 14.2 Å². The van der Waals surface area contributed by atoms with Crippen molar-refractivity contribution in [2.45, 2.75) is 39.8 Å². The van der Waals surface area contributed by atoms with Crippen molar-refractivity contribution < 1.29 is 5.11 Å². The summed E-state index contributed by atoms with van der Waals surface area (Å²) in [5.74, 6) is 0.0201. The molecule has 25 heavy (non-hydrogen) atoms. The van der Waals surface area contributed by atoms with Crippen molar-refractivity contribution in [3.8, 4) is 0 Å². The van der Waals surface area contributed by atoms with Crippen molar-refractivity contribution in [3.05, 3.63) is 68.9 Å². The van der Waals surface area contributed by atoms with Gasteiger partial charge < -0.3 is 5.11 Å². The second kappa shape index (κ2) is 7.02. The Labute approximate surface area is 151 Å². The van der Waals surface area contributed by atoms with Crippen molar-refractivity contribution in [2.75, 3.05) is 0 Å². The Morgan fingerprint density at radius 1 is 1.28 bits per heavy atom. The van der Waals surface area contributed by atoms with Crippen molar-refractivity contribution >= 4 is 17.1 Å². The minimum Gasteiger partial charge on any atom is -0.387 e. The Kier molecular flexibility index (Phi) is 4.97. The fraction of sp³-hybridized carbons (Fsp3) is 0.368. The van der Waals surface area contributed by atoms with E-state index in [4.69, 9.17) is 11.6 Å². The van der Waals surface area contributed by atoms with E-state index in [2.05, 4.69) is 5.10 Å². The van der Waals surface area contributed by atoms with E-state index >= 15 is 0 Å². The molecule has 2 atom stereocenters. The molecule has 0 amide bonds. The Morgan fingerprint density at radius 2 is 1.96 bits per heavy atom. The maximum Gasteiger partial charge on any atom is 0.349 e. The highest BCUT2D eigenvalue weighted by Gasteiger charge is 2.23. The molecule has 3 rings (SSSR count). The maximum atomic E-state index is 13.0. The van der Waals surface area contributed by atoms with Gasteiger partial charge >= 0.3 is 5.69 Å². The lowest BCUT2D eigenvalue weighted by molar-refractivity contribution is 0.106. The quantitative estimate of drug-likeness (QED) is 0.757. The monoisotopic (exact) mass is 359 g/mol. The van der Waals surface area contributed by atoms with Gasteiger partial charge in [0.25, 0.3) is 0 Å². The van der Waals surface area contributed by atoms with E-state index in [1.807, 2.05) is 44.2 Å². The fourth-order valence-corrected chi connectivity index (χ4v) is 3.10. The molecule has 132 valence electrons. The lowest BCUT2D eigenvalue weighted by atomic mass is 9.98. The number of halogens is 1. The molecular formula is C19H22ClN3O2. The first-order valence-corrected chi connectivity index (χ1v) is 8.82. The van der Waals surface area contributed by atoms with Crippen molar-refractivity contribution in [2.24, 2.45) is 5.92 Å². The van der Waals surface area contributed by atoms with Crippen LogP contribution in [0.2, 0.25) is 5.02 Å². The molecule has 0 radical (unpaired) electrons. The predicted octanol–water partition coefficient (Wildman–Crippen LogP) is 3.59. The number of aliphatic hydroxyl groups excluding tert-OH is 1. The first-order valence-electron chi connectivity index (χ1n) is 8.44. The van der Waals surface area contributed by atoms with Crippen LogP contribution >= 0.6 is 11.6 Å². The average Bonchev–Trinajstić information content (AvgIpc) is 2.92. The van der Waals surface area contributed by atoms with Gasteiger partial charge in [-0.25, -0.2) is 4.79 Å². The molecule has 0 aliphatic carbocycles. The maximum absolute atomic E-state index is 13.0. The summed E-state index contributed by atoms with van der Waals surface area (Å²) >= 11 is 6.30. The molecule has 0 saturated carbocycles. The molecule has 0 aliphatic heterocycles. The summed E-state index contributed by atoms with van der Waals surface area (Å²) in [7, 11) is 0. The fourth-order valence-electron chi connectivity index (χ4n) is 2.92. The average molecular weight is 360 g/mol. The summed E-state index contributed by atoms with van der Waals surface area (Å²) in [5, 5.41) is 15.5. The Bertz CT molecular complexity index is 947. The van der Waals surface area contributed by atoms with Crippen LogP contribution in [0.3, 0.4) is 0 Å². The smallest absolute Gasteiger partial charge is 0.349 e. The van der Waals surface area contributed by atoms with Gasteiger partial charge in [0.15, 0.2) is 0 Å². The Hall–Kier alpha value is -2.11. The highest BCUT2D eigenvalue weighted by Crippen LogP contribution is 2.27. The lowest BCUT2D eigenvalue weighted by Crippen LogP contribution is -2.32. The Balaban J connectivity index is 2.24. The van der Waals surface area contributed by atoms with Gasteiger partial charge in [0.1, 0.15) is 0 Å². The van der Waals surface area contributed by atoms with Crippen LogP contribution in [0.1, 0.15) is 43.3 Å². The van der Waals surface area contributed by atoms with Gasteiger partial charge in [-0.2, -0.15) is 9.61 Å². The normalized spacial score (nSPS) is 14.0. The molecule has 0 bridgehead atoms. The van der Waals surface area contributed by atoms with Crippen LogP contribution in [0.25, 0.3) is 5.52 Å². The van der Waals surface area contributed by atoms with Crippen LogP contribution in [0, 0.1) is 12.8 Å². The van der Waals surface area contributed by atoms with Crippen LogP contribution in [0.15, 0.2) is 41.2 Å². The zero-order valence-electron chi connectivity index (χ0n) is 14.6. The predicted molar refractivity (Wildman–Crippen MR) is 99.2 cm³/mol. The Morgan fingerprint density at radius 3 is 2.60 bits per heavy atom. The summed E-state index contributed by atoms with van der Waals surface area (Å²) in [6, 6.07) is 11.5. The van der Waals surface area contributed by atoms with E-state index in [1.165, 1.54) is 4.52 Å². The molecule has 1 N–H and O–H groups in total. The van der Waals surface area contributed by atoms with Crippen molar-refractivity contribution in [1.29, 1.82) is 0 Å². The zero-order valence-corrected chi connectivity index (χ0v) is 15.4. The molecule has 3 aromatic rings. The second-order valence-electron chi connectivity index (χ2n) is 6.45. The van der Waals surface area contributed by atoms with Crippen LogP contribution in [0.4, 0.5) is 0 Å². The number of aromatic nitrogens is 3. The summed E-state index contributed by atoms with van der Waals surface area (Å²) in [5.41, 5.74) is 2.38. The topological polar surface area (TPSA) is 59.5 Å². The second-order valence-corrected chi connectivity index (χ2v) is 6.83. The SMILES string of the molecule is CCC(C)C(O)c1cc2c(Cl)c(C)nn2c(=O)n1Cc1ccccc1. The number of benzene rings is 1. The summed E-state index contributed by atoms with van der Waals surface area (Å²) in [6.07, 6.45) is 0.0513. The number of hydrogen-bond acceptors (Lipinski definition) is 3. The number of hydrogen-bond donors (Lipinski definition) is 1. The summed E-state index contributed by atoms with van der Waals surface area (Å²) < 4.78 is 2.90.